The Balaban J connectivity index is 1.29. The molecule has 6 unspecified atom stereocenters. The van der Waals surface area contributed by atoms with E-state index in [1.807, 2.05) is 0 Å². The van der Waals surface area contributed by atoms with Gasteiger partial charge in [-0.05, 0) is 105 Å². The molecule has 5 rings (SSSR count). The minimum Gasteiger partial charge on any atom is -0.431 e. The third kappa shape index (κ3) is 3.81. The van der Waals surface area contributed by atoms with Crippen molar-refractivity contribution < 1.29 is 14.6 Å². The lowest BCUT2D eigenvalue weighted by Gasteiger charge is -2.57. The van der Waals surface area contributed by atoms with Gasteiger partial charge < -0.3 is 9.84 Å². The Labute approximate surface area is 195 Å². The van der Waals surface area contributed by atoms with Gasteiger partial charge >= 0.3 is 5.97 Å². The fourth-order valence-electron chi connectivity index (χ4n) is 8.94. The molecule has 4 saturated carbocycles. The number of fused-ring (bicyclic) bond motifs is 5. The maximum atomic E-state index is 12.6. The minimum absolute atomic E-state index is 0.0128. The van der Waals surface area contributed by atoms with Crippen molar-refractivity contribution in [1.82, 2.24) is 0 Å². The number of allylic oxidation sites excluding steroid dienone is 3. The molecule has 178 valence electrons. The molecule has 4 fully saturated rings. The van der Waals surface area contributed by atoms with Gasteiger partial charge in [0.1, 0.15) is 5.76 Å². The van der Waals surface area contributed by atoms with Gasteiger partial charge in [-0.3, -0.25) is 4.79 Å². The van der Waals surface area contributed by atoms with Crippen LogP contribution in [0, 0.1) is 34.5 Å². The summed E-state index contributed by atoms with van der Waals surface area (Å²) in [7, 11) is 0. The third-order valence-electron chi connectivity index (χ3n) is 10.8. The lowest BCUT2D eigenvalue weighted by molar-refractivity contribution is -0.140. The monoisotopic (exact) mass is 440 g/mol. The van der Waals surface area contributed by atoms with Crippen molar-refractivity contribution in [3.8, 4) is 0 Å². The number of aliphatic hydroxyl groups is 1. The summed E-state index contributed by atoms with van der Waals surface area (Å²) < 4.78 is 5.96. The van der Waals surface area contributed by atoms with E-state index < -0.39 is 0 Å². The molecule has 0 aromatic rings. The van der Waals surface area contributed by atoms with Crippen LogP contribution in [0.1, 0.15) is 111 Å². The van der Waals surface area contributed by atoms with Crippen LogP contribution in [-0.4, -0.2) is 17.2 Å². The van der Waals surface area contributed by atoms with Crippen LogP contribution in [0.25, 0.3) is 0 Å². The highest BCUT2D eigenvalue weighted by Gasteiger charge is 2.57. The van der Waals surface area contributed by atoms with Gasteiger partial charge in [-0.15, -0.1) is 0 Å². The molecule has 3 heteroatoms. The van der Waals surface area contributed by atoms with E-state index in [2.05, 4.69) is 26.8 Å². The second kappa shape index (κ2) is 8.60. The van der Waals surface area contributed by atoms with Crippen LogP contribution in [0.4, 0.5) is 0 Å². The van der Waals surface area contributed by atoms with Crippen LogP contribution in [0.5, 0.6) is 0 Å². The Morgan fingerprint density at radius 3 is 2.56 bits per heavy atom. The zero-order valence-corrected chi connectivity index (χ0v) is 20.6. The number of carbonyl (C=O) groups is 1. The fourth-order valence-corrected chi connectivity index (χ4v) is 8.94. The summed E-state index contributed by atoms with van der Waals surface area (Å²) in [6.07, 6.45) is 18.2. The summed E-state index contributed by atoms with van der Waals surface area (Å²) in [5.41, 5.74) is 3.46. The Kier molecular flexibility index (Phi) is 6.10. The summed E-state index contributed by atoms with van der Waals surface area (Å²) in [6.45, 7) is 7.02. The predicted molar refractivity (Wildman–Crippen MR) is 128 cm³/mol. The van der Waals surface area contributed by atoms with Crippen molar-refractivity contribution in [2.24, 2.45) is 34.5 Å². The third-order valence-corrected chi connectivity index (χ3v) is 10.8. The number of aliphatic hydroxyl groups excluding tert-OH is 1. The smallest absolute Gasteiger partial charge is 0.310 e. The van der Waals surface area contributed by atoms with Crippen molar-refractivity contribution in [3.05, 3.63) is 23.0 Å². The maximum Gasteiger partial charge on any atom is 0.310 e. The first kappa shape index (κ1) is 22.7. The molecule has 1 N–H and O–H groups in total. The quantitative estimate of drug-likeness (QED) is 0.288. The van der Waals surface area contributed by atoms with Crippen LogP contribution >= 0.6 is 0 Å². The molecule has 0 heterocycles. The summed E-state index contributed by atoms with van der Waals surface area (Å²) >= 11 is 0. The first-order valence-corrected chi connectivity index (χ1v) is 13.6. The van der Waals surface area contributed by atoms with Crippen molar-refractivity contribution >= 4 is 5.97 Å². The van der Waals surface area contributed by atoms with E-state index in [9.17, 15) is 9.90 Å². The molecule has 0 saturated heterocycles. The lowest BCUT2D eigenvalue weighted by Crippen LogP contribution is -2.49. The molecule has 3 nitrogen and oxygen atoms in total. The second-order valence-corrected chi connectivity index (χ2v) is 12.3. The molecule has 0 spiro atoms. The Morgan fingerprint density at radius 1 is 1.06 bits per heavy atom. The molecule has 0 bridgehead atoms. The molecule has 0 aromatic carbocycles. The standard InChI is InChI=1S/C29H44O3/c1-19(32-27(31)13-8-20-6-4-5-7-20)24-11-12-25-23-10-9-21-18-22(30)14-16-28(21,2)26(23)15-17-29(24,25)3/h9,20,22-23,25-26,30H,4-8,10-18H2,1-3H3. The number of ether oxygens (including phenoxy) is 1. The van der Waals surface area contributed by atoms with E-state index in [0.717, 1.165) is 55.6 Å². The number of hydrogen-bond donors (Lipinski definition) is 1. The number of hydrogen-bond acceptors (Lipinski definition) is 3. The van der Waals surface area contributed by atoms with Crippen LogP contribution in [0.3, 0.4) is 0 Å². The van der Waals surface area contributed by atoms with Gasteiger partial charge in [0.15, 0.2) is 0 Å². The summed E-state index contributed by atoms with van der Waals surface area (Å²) in [5, 5.41) is 10.2. The minimum atomic E-state index is -0.133. The molecule has 0 aliphatic heterocycles. The largest absolute Gasteiger partial charge is 0.431 e. The first-order chi connectivity index (χ1) is 15.3. The number of esters is 1. The van der Waals surface area contributed by atoms with Crippen LogP contribution in [0.2, 0.25) is 0 Å². The highest BCUT2D eigenvalue weighted by Crippen LogP contribution is 2.66. The van der Waals surface area contributed by atoms with E-state index in [1.54, 1.807) is 5.57 Å². The molecular formula is C29H44O3. The average Bonchev–Trinajstić information content (AvgIpc) is 3.40. The topological polar surface area (TPSA) is 46.5 Å². The predicted octanol–water partition coefficient (Wildman–Crippen LogP) is 7.10. The van der Waals surface area contributed by atoms with Crippen molar-refractivity contribution in [3.63, 3.8) is 0 Å². The van der Waals surface area contributed by atoms with Gasteiger partial charge in [0.2, 0.25) is 0 Å². The van der Waals surface area contributed by atoms with Gasteiger partial charge in [0.05, 0.1) is 6.10 Å². The van der Waals surface area contributed by atoms with E-state index in [4.69, 9.17) is 4.74 Å². The average molecular weight is 441 g/mol. The Morgan fingerprint density at radius 2 is 1.78 bits per heavy atom. The molecular weight excluding hydrogens is 396 g/mol. The Bertz CT molecular complexity index is 803. The van der Waals surface area contributed by atoms with Gasteiger partial charge in [-0.1, -0.05) is 51.2 Å². The van der Waals surface area contributed by atoms with Crippen LogP contribution < -0.4 is 0 Å². The molecule has 32 heavy (non-hydrogen) atoms. The highest BCUT2D eigenvalue weighted by atomic mass is 16.5. The molecule has 0 radical (unpaired) electrons. The molecule has 5 aliphatic carbocycles. The number of carbonyl (C=O) groups excluding carboxylic acids is 1. The van der Waals surface area contributed by atoms with Crippen molar-refractivity contribution in [1.29, 1.82) is 0 Å². The molecule has 5 aliphatic rings. The van der Waals surface area contributed by atoms with Gasteiger partial charge in [-0.2, -0.15) is 0 Å². The van der Waals surface area contributed by atoms with Crippen molar-refractivity contribution in [2.45, 2.75) is 117 Å². The van der Waals surface area contributed by atoms with Crippen LogP contribution in [0.15, 0.2) is 23.0 Å². The molecule has 0 amide bonds. The van der Waals surface area contributed by atoms with Gasteiger partial charge in [-0.25, -0.2) is 0 Å². The van der Waals surface area contributed by atoms with E-state index in [1.165, 1.54) is 56.9 Å². The van der Waals surface area contributed by atoms with E-state index in [-0.39, 0.29) is 22.9 Å². The Hall–Kier alpha value is -1.09. The van der Waals surface area contributed by atoms with Gasteiger partial charge in [0.25, 0.3) is 0 Å². The van der Waals surface area contributed by atoms with Crippen molar-refractivity contribution in [2.75, 3.05) is 0 Å². The molecule has 0 aromatic heterocycles. The van der Waals surface area contributed by atoms with E-state index >= 15 is 0 Å². The SMILES string of the molecule is CC(OC(=O)CCC1CCCC1)=C1CCC2C3CC=C4CC(O)CCC4(C)C3CCC12C. The fraction of sp³-hybridized carbons (Fsp3) is 0.828. The zero-order valence-electron chi connectivity index (χ0n) is 20.6. The lowest BCUT2D eigenvalue weighted by atomic mass is 9.48. The molecule has 6 atom stereocenters. The summed E-state index contributed by atoms with van der Waals surface area (Å²) in [6, 6.07) is 0. The summed E-state index contributed by atoms with van der Waals surface area (Å²) in [4.78, 5) is 12.6. The summed E-state index contributed by atoms with van der Waals surface area (Å²) in [5.74, 6) is 3.84. The first-order valence-electron chi connectivity index (χ1n) is 13.6. The second-order valence-electron chi connectivity index (χ2n) is 12.3. The highest BCUT2D eigenvalue weighted by molar-refractivity contribution is 5.70. The maximum absolute atomic E-state index is 12.6. The zero-order chi connectivity index (χ0) is 22.5. The normalized spacial score (nSPS) is 43.2. The van der Waals surface area contributed by atoms with E-state index in [0.29, 0.717) is 12.3 Å². The van der Waals surface area contributed by atoms with Gasteiger partial charge in [0, 0.05) is 6.42 Å². The number of rotatable bonds is 4. The van der Waals surface area contributed by atoms with Crippen LogP contribution in [-0.2, 0) is 9.53 Å².